The molecule has 4 bridgehead atoms. The van der Waals surface area contributed by atoms with E-state index in [1.807, 2.05) is 263 Å². The standard InChI is InChI=1S/C20H32O3.C14H26O2.2C13H24O2.C12H22O2.C11H20O2.C11H22O2.2C10H20O2.C9H18O2/c1-5-20(3,4)19(21)23-11(2)22-16-10-14-9-15(16)18-13-7-6-12(8-13)17(14)18;1-5-13(3,4)12(15)16-14(6-2)10-8-7-9-11-14;1-5-12(2,3)11(14)15-13(4)9-7-6-8-10-13;1-4-11(3)12(14)15-13(5-2)9-7-6-8-10-13;1-4-10(3)11(13)14-12(5-2)8-6-7-9-12;1-4-9(2)10(12)13-11(3)7-5-6-8-11;1-7-10(3,4)9(12)13-11(5,6)8-2;1-7-10(5,6)8(11)12-9(2,3)4;1-6-8(3)9(11)12-10(4,5)7-2;1-6-7(2)8(10)11-9(3,4)5/h11-18H,5-10H2,1-4H3;5-11H2,1-4H3;5-10H2,1-4H3;11H,4-10H2,1-3H3;10H,4-9H2,1-3H3;9H,4-8H2,1-3H3;7-8H2,1-6H3;7H2,1-6H3;8H,6-7H2,1-5H3;7H,6H2,1-5H3. The van der Waals surface area contributed by atoms with E-state index < -0.39 is 11.7 Å². The van der Waals surface area contributed by atoms with Crippen LogP contribution in [0.4, 0.5) is 0 Å². The zero-order valence-corrected chi connectivity index (χ0v) is 101. The lowest BCUT2D eigenvalue weighted by molar-refractivity contribution is -0.202. The van der Waals surface area contributed by atoms with Crippen LogP contribution in [0.2, 0.25) is 0 Å². The molecule has 846 valence electrons. The highest BCUT2D eigenvalue weighted by Crippen LogP contribution is 2.68. The second-order valence-electron chi connectivity index (χ2n) is 51.5. The molecule has 0 aliphatic heterocycles. The van der Waals surface area contributed by atoms with Gasteiger partial charge in [0.05, 0.1) is 62.8 Å². The SMILES string of the molecule is CCC(C)(C)C(=O)OC(C)(C)C.CCC(C)(C)C(=O)OC(C)OC1CC2CC1C1C3CCC(C3)C21.CCC(C)(C)C(=O)OC1(C)CCCCC1.CCC(C)(C)OC(=O)C(C)(C)CC.CCC(C)C(=O)OC(C)(C)C.CCC(C)C(=O)OC(C)(C)CC.CCC(C)C(=O)OC1(C)CCCC1.CCC(C)C(=O)OC1(CC)CCCC1.CCC(C)C(=O)OC1(CC)CCCCC1.CCC1(OC(=O)C(C)(C)CC)CCCCC1. The Kier molecular flexibility index (Phi) is 60.9. The minimum Gasteiger partial charge on any atom is -0.460 e. The molecular formula is C123H228O21. The molecule has 0 aromatic rings. The Hall–Kier alpha value is -5.34. The summed E-state index contributed by atoms with van der Waals surface area (Å²) in [4.78, 5) is 117. The molecule has 0 spiro atoms. The molecule has 13 atom stereocenters. The van der Waals surface area contributed by atoms with Crippen LogP contribution in [-0.4, -0.2) is 122 Å². The molecule has 9 aliphatic rings. The molecular weight excluding hydrogens is 1810 g/mol. The van der Waals surface area contributed by atoms with Gasteiger partial charge in [-0.2, -0.15) is 0 Å². The molecule has 0 heterocycles. The summed E-state index contributed by atoms with van der Waals surface area (Å²) in [7, 11) is 0. The molecule has 9 saturated carbocycles. The molecule has 9 rings (SSSR count). The largest absolute Gasteiger partial charge is 0.460 e. The van der Waals surface area contributed by atoms with Crippen LogP contribution in [0.1, 0.15) is 574 Å². The monoisotopic (exact) mass is 2040 g/mol. The van der Waals surface area contributed by atoms with Crippen molar-refractivity contribution in [3.8, 4) is 0 Å². The van der Waals surface area contributed by atoms with Crippen LogP contribution in [-0.2, 0) is 100 Å². The number of hydrogen-bond acceptors (Lipinski definition) is 21. The first-order valence-electron chi connectivity index (χ1n) is 58.3. The lowest BCUT2D eigenvalue weighted by Gasteiger charge is -2.39. The van der Waals surface area contributed by atoms with E-state index in [0.717, 1.165) is 196 Å². The summed E-state index contributed by atoms with van der Waals surface area (Å²) >= 11 is 0. The minimum absolute atomic E-state index is 0.00116. The Balaban J connectivity index is 0.00000159. The molecule has 9 fully saturated rings. The van der Waals surface area contributed by atoms with Gasteiger partial charge < -0.3 is 52.1 Å². The molecule has 9 aliphatic carbocycles. The van der Waals surface area contributed by atoms with Crippen LogP contribution in [0.25, 0.3) is 0 Å². The van der Waals surface area contributed by atoms with E-state index in [-0.39, 0.29) is 161 Å². The third-order valence-corrected chi connectivity index (χ3v) is 34.0. The maximum atomic E-state index is 12.2. The highest BCUT2D eigenvalue weighted by Gasteiger charge is 2.63. The number of esters is 10. The lowest BCUT2D eigenvalue weighted by Crippen LogP contribution is -2.40. The fraction of sp³-hybridized carbons (Fsp3) is 0.919. The van der Waals surface area contributed by atoms with Crippen LogP contribution >= 0.6 is 0 Å². The van der Waals surface area contributed by atoms with Gasteiger partial charge in [0.1, 0.15) is 50.4 Å². The second kappa shape index (κ2) is 63.2. The lowest BCUT2D eigenvalue weighted by atomic mass is 9.70. The number of carbonyl (C=O) groups excluding carboxylic acids is 10. The molecule has 144 heavy (non-hydrogen) atoms. The summed E-state index contributed by atoms with van der Waals surface area (Å²) in [5.74, 6) is 5.18. The van der Waals surface area contributed by atoms with E-state index in [1.165, 1.54) is 116 Å². The number of carbonyl (C=O) groups is 10. The van der Waals surface area contributed by atoms with E-state index in [4.69, 9.17) is 52.1 Å². The van der Waals surface area contributed by atoms with E-state index in [2.05, 4.69) is 34.6 Å². The van der Waals surface area contributed by atoms with Gasteiger partial charge >= 0.3 is 59.7 Å². The Labute approximate surface area is 883 Å². The quantitative estimate of drug-likeness (QED) is 0.0247. The smallest absolute Gasteiger partial charge is 0.313 e. The normalized spacial score (nSPS) is 22.7. The van der Waals surface area contributed by atoms with E-state index in [1.54, 1.807) is 0 Å². The third-order valence-electron chi connectivity index (χ3n) is 34.0. The Morgan fingerprint density at radius 2 is 0.549 bits per heavy atom. The minimum atomic E-state index is -0.415. The van der Waals surface area contributed by atoms with Crippen LogP contribution in [0.15, 0.2) is 0 Å². The first-order chi connectivity index (χ1) is 66.3. The third kappa shape index (κ3) is 49.0. The summed E-state index contributed by atoms with van der Waals surface area (Å²) in [6.07, 6.45) is 46.3. The van der Waals surface area contributed by atoms with Crippen molar-refractivity contribution in [3.63, 3.8) is 0 Å². The Morgan fingerprint density at radius 3 is 0.889 bits per heavy atom. The maximum absolute atomic E-state index is 12.2. The van der Waals surface area contributed by atoms with Gasteiger partial charge in [-0.15, -0.1) is 0 Å². The van der Waals surface area contributed by atoms with Crippen molar-refractivity contribution >= 4 is 59.7 Å². The average Bonchev–Trinajstić information content (AvgIpc) is 1.55. The Bertz CT molecular complexity index is 3700. The van der Waals surface area contributed by atoms with Gasteiger partial charge in [-0.1, -0.05) is 158 Å². The van der Waals surface area contributed by atoms with Gasteiger partial charge in [0.25, 0.3) is 0 Å². The van der Waals surface area contributed by atoms with Crippen molar-refractivity contribution in [2.45, 2.75) is 637 Å². The zero-order chi connectivity index (χ0) is 111. The van der Waals surface area contributed by atoms with Crippen molar-refractivity contribution in [1.82, 2.24) is 0 Å². The molecule has 0 aromatic heterocycles. The van der Waals surface area contributed by atoms with Gasteiger partial charge in [0.2, 0.25) is 0 Å². The van der Waals surface area contributed by atoms with Crippen molar-refractivity contribution in [1.29, 1.82) is 0 Å². The molecule has 21 nitrogen and oxygen atoms in total. The summed E-state index contributed by atoms with van der Waals surface area (Å²) in [6.45, 7) is 84.7. The van der Waals surface area contributed by atoms with Crippen LogP contribution in [0, 0.1) is 92.2 Å². The summed E-state index contributed by atoms with van der Waals surface area (Å²) in [5.41, 5.74) is -3.88. The number of ether oxygens (including phenoxy) is 11. The van der Waals surface area contributed by atoms with Crippen LogP contribution in [0.3, 0.4) is 0 Å². The summed E-state index contributed by atoms with van der Waals surface area (Å²) in [6, 6.07) is 0. The van der Waals surface area contributed by atoms with Crippen molar-refractivity contribution < 1.29 is 100 Å². The number of hydrogen-bond donors (Lipinski definition) is 0. The zero-order valence-electron chi connectivity index (χ0n) is 101. The average molecular weight is 2040 g/mol. The van der Waals surface area contributed by atoms with Gasteiger partial charge in [-0.25, -0.2) is 0 Å². The van der Waals surface area contributed by atoms with E-state index in [0.29, 0.717) is 6.10 Å². The molecule has 0 radical (unpaired) electrons. The highest BCUT2D eigenvalue weighted by atomic mass is 16.7. The second-order valence-corrected chi connectivity index (χ2v) is 51.5. The molecule has 13 unspecified atom stereocenters. The van der Waals surface area contributed by atoms with Crippen molar-refractivity contribution in [2.75, 3.05) is 0 Å². The maximum Gasteiger partial charge on any atom is 0.313 e. The first kappa shape index (κ1) is 139. The van der Waals surface area contributed by atoms with Gasteiger partial charge in [-0.05, 0) is 452 Å². The molecule has 0 amide bonds. The molecule has 0 aromatic carbocycles. The van der Waals surface area contributed by atoms with Crippen molar-refractivity contribution in [3.05, 3.63) is 0 Å². The Morgan fingerprint density at radius 1 is 0.271 bits per heavy atom. The van der Waals surface area contributed by atoms with Gasteiger partial charge in [0.15, 0.2) is 6.29 Å². The van der Waals surface area contributed by atoms with Crippen LogP contribution < -0.4 is 0 Å². The van der Waals surface area contributed by atoms with E-state index >= 15 is 0 Å². The molecule has 21 heteroatoms. The first-order valence-corrected chi connectivity index (χ1v) is 58.3. The van der Waals surface area contributed by atoms with Gasteiger partial charge in [0, 0.05) is 0 Å². The fourth-order valence-electron chi connectivity index (χ4n) is 18.8. The molecule has 0 saturated heterocycles. The summed E-state index contributed by atoms with van der Waals surface area (Å²) < 4.78 is 61.4. The summed E-state index contributed by atoms with van der Waals surface area (Å²) in [5, 5.41) is 0. The highest BCUT2D eigenvalue weighted by molar-refractivity contribution is 5.79. The number of fused-ring (bicyclic) bond motifs is 9. The van der Waals surface area contributed by atoms with E-state index in [9.17, 15) is 47.9 Å². The molecule has 0 N–H and O–H groups in total. The van der Waals surface area contributed by atoms with Crippen molar-refractivity contribution in [2.24, 2.45) is 92.2 Å². The van der Waals surface area contributed by atoms with Gasteiger partial charge in [-0.3, -0.25) is 47.9 Å². The fourth-order valence-corrected chi connectivity index (χ4v) is 18.8. The predicted octanol–water partition coefficient (Wildman–Crippen LogP) is 33.1. The number of rotatable bonds is 35. The topological polar surface area (TPSA) is 272 Å². The van der Waals surface area contributed by atoms with Crippen LogP contribution in [0.5, 0.6) is 0 Å². The predicted molar refractivity (Wildman–Crippen MR) is 587 cm³/mol.